The largest absolute Gasteiger partial charge is 0.447 e. The topological polar surface area (TPSA) is 396 Å². The van der Waals surface area contributed by atoms with Crippen molar-refractivity contribution in [1.29, 1.82) is 0 Å². The predicted octanol–water partition coefficient (Wildman–Crippen LogP) is 6.50. The highest BCUT2D eigenvalue weighted by atomic mass is 16.6. The van der Waals surface area contributed by atoms with Crippen LogP contribution in [0.5, 0.6) is 0 Å². The van der Waals surface area contributed by atoms with E-state index < -0.39 is 33.9 Å². The molecule has 2 rings (SSSR count). The molecule has 0 bridgehead atoms. The number of carbonyl (C=O) groups is 2. The van der Waals surface area contributed by atoms with Gasteiger partial charge in [-0.3, -0.25) is 19.2 Å². The van der Waals surface area contributed by atoms with Crippen LogP contribution in [0.4, 0.5) is 32.3 Å². The van der Waals surface area contributed by atoms with Gasteiger partial charge in [0.25, 0.3) is 21.7 Å². The molecule has 2 aromatic rings. The minimum absolute atomic E-state index is 0.159. The number of carbonyl (C=O) groups excluding carboxylic acids is 2. The second-order valence-corrected chi connectivity index (χ2v) is 27.3. The van der Waals surface area contributed by atoms with E-state index >= 15 is 0 Å². The predicted molar refractivity (Wildman–Crippen MR) is 452 cm³/mol. The number of hydrogen-bond acceptors (Lipinski definition) is 34. The van der Waals surface area contributed by atoms with Crippen LogP contribution in [0, 0.1) is 0 Å². The fraction of sp³-hybridized carbons (Fsp3) is 0.880. The molecule has 0 fully saturated rings. The number of methoxy groups -OCH3 is 2. The van der Waals surface area contributed by atoms with E-state index in [2.05, 4.69) is 31.9 Å². The molecule has 0 aliphatic heterocycles. The number of hydrogen-bond donors (Lipinski definition) is 6. The number of unbranched alkanes of at least 4 members (excludes halogenated alkanes) is 18. The van der Waals surface area contributed by atoms with E-state index in [0.717, 1.165) is 135 Å². The zero-order valence-corrected chi connectivity index (χ0v) is 72.5. The van der Waals surface area contributed by atoms with Crippen LogP contribution in [-0.4, -0.2) is 356 Å². The van der Waals surface area contributed by atoms with E-state index in [-0.39, 0.29) is 26.4 Å². The number of anilines is 4. The van der Waals surface area contributed by atoms with Crippen LogP contribution >= 0.6 is 0 Å². The van der Waals surface area contributed by atoms with Crippen molar-refractivity contribution in [3.8, 4) is 0 Å². The summed E-state index contributed by atoms with van der Waals surface area (Å²) in [7, 11) is 3.28. The number of nitrogens with one attached hydrogen (secondary N) is 6. The van der Waals surface area contributed by atoms with Crippen molar-refractivity contribution in [2.45, 2.75) is 135 Å². The smallest absolute Gasteiger partial charge is 0.407 e. The van der Waals surface area contributed by atoms with Crippen molar-refractivity contribution in [2.24, 2.45) is 0 Å². The molecular formula is C83H154N6O30. The van der Waals surface area contributed by atoms with Gasteiger partial charge in [-0.1, -0.05) is 96.3 Å². The van der Waals surface area contributed by atoms with Gasteiger partial charge < -0.3 is 146 Å². The molecule has 36 nitrogen and oxygen atoms in total. The lowest BCUT2D eigenvalue weighted by Crippen LogP contribution is -2.37. The molecule has 0 saturated heterocycles. The second-order valence-electron chi connectivity index (χ2n) is 27.3. The molecule has 2 amide bonds. The summed E-state index contributed by atoms with van der Waals surface area (Å²) in [5.41, 5.74) is -0.326. The second kappa shape index (κ2) is 89.3. The Hall–Kier alpha value is -4.98. The molecule has 0 unspecified atom stereocenters. The first-order chi connectivity index (χ1) is 58.8. The van der Waals surface area contributed by atoms with Crippen LogP contribution in [0.15, 0.2) is 19.2 Å². The Morgan fingerprint density at radius 2 is 0.303 bits per heavy atom. The lowest BCUT2D eigenvalue weighted by atomic mass is 10.1. The van der Waals surface area contributed by atoms with Crippen molar-refractivity contribution >= 4 is 34.9 Å². The van der Waals surface area contributed by atoms with Gasteiger partial charge in [0.2, 0.25) is 0 Å². The summed E-state index contributed by atoms with van der Waals surface area (Å²) in [6.45, 7) is 23.8. The van der Waals surface area contributed by atoms with E-state index in [4.69, 9.17) is 114 Å². The molecule has 2 aromatic carbocycles. The van der Waals surface area contributed by atoms with Crippen LogP contribution < -0.4 is 53.6 Å². The van der Waals surface area contributed by atoms with Gasteiger partial charge in [-0.15, -0.1) is 0 Å². The Balaban J connectivity index is 1.24. The minimum Gasteiger partial charge on any atom is -0.447 e. The van der Waals surface area contributed by atoms with Crippen LogP contribution in [0.2, 0.25) is 0 Å². The third-order valence-electron chi connectivity index (χ3n) is 17.6. The Bertz CT molecular complexity index is 2480. The van der Waals surface area contributed by atoms with Gasteiger partial charge in [0.15, 0.2) is 0 Å². The standard InChI is InChI=1S/C83H154N6O30/c1-96-30-32-98-34-36-100-38-40-102-42-44-104-46-48-106-50-52-108-54-56-110-58-60-112-62-64-114-66-68-116-70-72-118-82(94)88-28-22-14-9-5-3-7-12-18-24-84-74-76(80(92)78(74)90)86-26-20-16-11-17-21-27-87-77-75(79(91)81(77)93)85-25-19-13-8-4-6-10-15-23-29-89-83(95)119-73-71-117-69-67-115-65-63-113-61-59-111-57-55-109-53-51-107-49-47-105-45-43-103-41-39-101-37-35-99-33-31-97-2/h84-87H,3-73H2,1-2H3,(H,88,94)(H,89,95). The zero-order valence-electron chi connectivity index (χ0n) is 72.5. The molecule has 0 radical (unpaired) electrons. The third-order valence-corrected chi connectivity index (χ3v) is 17.6. The monoisotopic (exact) mass is 1720 g/mol. The van der Waals surface area contributed by atoms with Crippen LogP contribution in [0.1, 0.15) is 135 Å². The van der Waals surface area contributed by atoms with Gasteiger partial charge in [-0.2, -0.15) is 0 Å². The zero-order chi connectivity index (χ0) is 85.2. The Labute approximate surface area is 707 Å². The van der Waals surface area contributed by atoms with Crippen LogP contribution in [0.3, 0.4) is 0 Å². The molecule has 119 heavy (non-hydrogen) atoms. The van der Waals surface area contributed by atoms with Gasteiger partial charge in [0.1, 0.15) is 36.0 Å². The Morgan fingerprint density at radius 3 is 0.454 bits per heavy atom. The molecule has 696 valence electrons. The molecule has 6 N–H and O–H groups in total. The van der Waals surface area contributed by atoms with E-state index in [9.17, 15) is 28.8 Å². The van der Waals surface area contributed by atoms with Gasteiger partial charge >= 0.3 is 12.2 Å². The van der Waals surface area contributed by atoms with Crippen LogP contribution in [-0.2, 0) is 114 Å². The molecule has 0 aliphatic carbocycles. The summed E-state index contributed by atoms with van der Waals surface area (Å²) >= 11 is 0. The molecule has 36 heteroatoms. The van der Waals surface area contributed by atoms with Gasteiger partial charge in [0, 0.05) is 53.5 Å². The third kappa shape index (κ3) is 72.1. The summed E-state index contributed by atoms with van der Waals surface area (Å²) in [5, 5.41) is 18.3. The Kier molecular flexibility index (Phi) is 82.6. The van der Waals surface area contributed by atoms with E-state index in [1.807, 2.05) is 0 Å². The number of alkyl carbamates (subject to hydrolysis) is 2. The fourth-order valence-electron chi connectivity index (χ4n) is 11.0. The van der Waals surface area contributed by atoms with Gasteiger partial charge in [-0.25, -0.2) is 9.59 Å². The molecule has 0 aromatic heterocycles. The average Bonchev–Trinajstić information content (AvgIpc) is 0.793. The van der Waals surface area contributed by atoms with E-state index in [0.29, 0.717) is 326 Å². The van der Waals surface area contributed by atoms with Crippen molar-refractivity contribution in [3.63, 3.8) is 0 Å². The first kappa shape index (κ1) is 110. The highest BCUT2D eigenvalue weighted by Crippen LogP contribution is 2.18. The Morgan fingerprint density at radius 1 is 0.176 bits per heavy atom. The van der Waals surface area contributed by atoms with Crippen LogP contribution in [0.25, 0.3) is 0 Å². The first-order valence-electron chi connectivity index (χ1n) is 43.8. The van der Waals surface area contributed by atoms with Gasteiger partial charge in [-0.05, 0) is 38.5 Å². The maximum atomic E-state index is 12.3. The first-order valence-corrected chi connectivity index (χ1v) is 43.8. The number of rotatable bonds is 100. The normalized spacial score (nSPS) is 11.6. The maximum Gasteiger partial charge on any atom is 0.407 e. The summed E-state index contributed by atoms with van der Waals surface area (Å²) < 4.78 is 130. The number of ether oxygens (including phenoxy) is 24. The maximum absolute atomic E-state index is 12.3. The quantitative estimate of drug-likeness (QED) is 0.0304. The molecule has 0 atom stereocenters. The fourth-order valence-corrected chi connectivity index (χ4v) is 11.0. The molecule has 0 aliphatic rings. The van der Waals surface area contributed by atoms with Crippen molar-refractivity contribution < 1.29 is 123 Å². The van der Waals surface area contributed by atoms with Crippen molar-refractivity contribution in [3.05, 3.63) is 40.9 Å². The van der Waals surface area contributed by atoms with Crippen molar-refractivity contribution in [1.82, 2.24) is 10.6 Å². The summed E-state index contributed by atoms with van der Waals surface area (Å²) in [6, 6.07) is 0. The molecule has 0 heterocycles. The molecule has 0 spiro atoms. The minimum atomic E-state index is -0.470. The molecule has 0 saturated carbocycles. The lowest BCUT2D eigenvalue weighted by Gasteiger charge is -2.15. The van der Waals surface area contributed by atoms with E-state index in [1.165, 1.54) is 0 Å². The highest BCUT2D eigenvalue weighted by Gasteiger charge is 2.21. The summed E-state index contributed by atoms with van der Waals surface area (Å²) in [6.07, 6.45) is 20.1. The van der Waals surface area contributed by atoms with Gasteiger partial charge in [0.05, 0.1) is 277 Å². The molecular weight excluding hydrogens is 1560 g/mol. The lowest BCUT2D eigenvalue weighted by molar-refractivity contribution is -0.0275. The number of amides is 2. The summed E-state index contributed by atoms with van der Waals surface area (Å²) in [5.74, 6) is 0. The van der Waals surface area contributed by atoms with E-state index in [1.54, 1.807) is 14.2 Å². The summed E-state index contributed by atoms with van der Waals surface area (Å²) in [4.78, 5) is 73.3. The average molecular weight is 1720 g/mol. The van der Waals surface area contributed by atoms with Crippen molar-refractivity contribution in [2.75, 3.05) is 365 Å². The highest BCUT2D eigenvalue weighted by molar-refractivity contribution is 5.74. The SMILES string of the molecule is COCCOCCOCCOCCOCCOCCOCCOCCOCCOCCOCCOC(=O)NCCCCCCCCCCNc1c(NCCCCCCCNc2c(NCCCCCCCCCCNC(=O)OCCOCCOCCOCCOCCOCCOCCOCCOCCOCCOCCOC)c(=O)c2=O)c(=O)c1=O.